The Labute approximate surface area is 439 Å². The van der Waals surface area contributed by atoms with Gasteiger partial charge in [0.15, 0.2) is 34.6 Å². The summed E-state index contributed by atoms with van der Waals surface area (Å²) in [6.45, 7) is 5.19. The summed E-state index contributed by atoms with van der Waals surface area (Å²) in [6.07, 6.45) is 17.4. The maximum absolute atomic E-state index is 13.4. The number of halogens is 4. The summed E-state index contributed by atoms with van der Waals surface area (Å²) in [5.41, 5.74) is 5.25. The average Bonchev–Trinajstić information content (AvgIpc) is 3.37. The molecule has 9 aromatic rings. The van der Waals surface area contributed by atoms with Crippen molar-refractivity contribution in [2.45, 2.75) is 46.2 Å². The largest absolute Gasteiger partial charge is 0.454 e. The zero-order valence-corrected chi connectivity index (χ0v) is 41.9. The maximum Gasteiger partial charge on any atom is 0.169 e. The molecule has 0 aliphatic carbocycles. The lowest BCUT2D eigenvalue weighted by Crippen LogP contribution is -2.07. The van der Waals surface area contributed by atoms with Crippen LogP contribution < -0.4 is 14.2 Å². The van der Waals surface area contributed by atoms with Crippen molar-refractivity contribution < 1.29 is 33.0 Å². The van der Waals surface area contributed by atoms with Crippen LogP contribution in [-0.2, 0) is 19.3 Å². The minimum atomic E-state index is -1.19. The molecular formula is C54H42Cl3FN10O6. The molecule has 6 aromatic heterocycles. The second-order valence-electron chi connectivity index (χ2n) is 16.0. The van der Waals surface area contributed by atoms with Crippen LogP contribution in [0.5, 0.6) is 34.5 Å². The number of hydrogen-bond acceptors (Lipinski definition) is 16. The second-order valence-corrected chi connectivity index (χ2v) is 17.3. The molecule has 6 heterocycles. The van der Waals surface area contributed by atoms with Crippen LogP contribution in [-0.4, -0.2) is 67.2 Å². The summed E-state index contributed by atoms with van der Waals surface area (Å²) in [5.74, 6) is 2.26. The molecule has 9 rings (SSSR count). The van der Waals surface area contributed by atoms with Crippen LogP contribution in [0.3, 0.4) is 0 Å². The van der Waals surface area contributed by atoms with Crippen LogP contribution in [0.15, 0.2) is 160 Å². The molecular weight excluding hydrogens is 1010 g/mol. The highest BCUT2D eigenvalue weighted by Gasteiger charge is 2.16. The minimum absolute atomic E-state index is 0.0365. The summed E-state index contributed by atoms with van der Waals surface area (Å²) < 4.78 is 30.3. The molecule has 0 amide bonds. The number of alkyl halides is 1. The summed E-state index contributed by atoms with van der Waals surface area (Å²) in [7, 11) is 0. The van der Waals surface area contributed by atoms with E-state index < -0.39 is 6.17 Å². The summed E-state index contributed by atoms with van der Waals surface area (Å²) in [6, 6.07) is 23.2. The van der Waals surface area contributed by atoms with E-state index in [1.54, 1.807) is 91.4 Å². The van der Waals surface area contributed by atoms with Gasteiger partial charge in [-0.1, -0.05) is 40.9 Å². The molecule has 16 nitrogen and oxygen atoms in total. The third kappa shape index (κ3) is 16.8. The predicted molar refractivity (Wildman–Crippen MR) is 274 cm³/mol. The fourth-order valence-electron chi connectivity index (χ4n) is 6.68. The number of rotatable bonds is 16. The molecule has 372 valence electrons. The number of aryl methyl sites for hydroxylation is 2. The van der Waals surface area contributed by atoms with E-state index in [9.17, 15) is 18.8 Å². The Kier molecular flexibility index (Phi) is 18.9. The molecule has 0 aliphatic heterocycles. The molecule has 0 aliphatic rings. The van der Waals surface area contributed by atoms with E-state index in [1.165, 1.54) is 63.1 Å². The van der Waals surface area contributed by atoms with Crippen LogP contribution in [0.4, 0.5) is 4.39 Å². The zero-order valence-electron chi connectivity index (χ0n) is 39.6. The van der Waals surface area contributed by atoms with Crippen LogP contribution >= 0.6 is 34.8 Å². The van der Waals surface area contributed by atoms with Crippen molar-refractivity contribution >= 4 is 52.2 Å². The number of benzene rings is 3. The number of carbonyl (C=O) groups is 3. The molecule has 0 spiro atoms. The Hall–Kier alpha value is -8.51. The Balaban J connectivity index is 0.000000162. The summed E-state index contributed by atoms with van der Waals surface area (Å²) >= 11 is 18.3. The monoisotopic (exact) mass is 1050 g/mol. The summed E-state index contributed by atoms with van der Waals surface area (Å²) in [4.78, 5) is 77.5. The van der Waals surface area contributed by atoms with Gasteiger partial charge in [0.05, 0.1) is 73.5 Å². The van der Waals surface area contributed by atoms with E-state index in [2.05, 4.69) is 49.8 Å². The van der Waals surface area contributed by atoms with E-state index >= 15 is 0 Å². The Morgan fingerprint density at radius 1 is 0.486 bits per heavy atom. The van der Waals surface area contributed by atoms with Crippen LogP contribution in [0.2, 0.25) is 15.1 Å². The number of carbonyl (C=O) groups excluding carboxylic acids is 3. The second kappa shape index (κ2) is 26.3. The van der Waals surface area contributed by atoms with Gasteiger partial charge in [0.2, 0.25) is 0 Å². The van der Waals surface area contributed by atoms with Crippen molar-refractivity contribution in [3.05, 3.63) is 225 Å². The quantitative estimate of drug-likeness (QED) is 0.0824. The lowest BCUT2D eigenvalue weighted by atomic mass is 10.1. The molecule has 74 heavy (non-hydrogen) atoms. The molecule has 1 unspecified atom stereocenters. The van der Waals surface area contributed by atoms with Gasteiger partial charge in [0.25, 0.3) is 0 Å². The fraction of sp³-hybridized carbons (Fsp3) is 0.130. The van der Waals surface area contributed by atoms with Gasteiger partial charge in [-0.3, -0.25) is 34.3 Å². The highest BCUT2D eigenvalue weighted by molar-refractivity contribution is 6.32. The third-order valence-electron chi connectivity index (χ3n) is 9.94. The van der Waals surface area contributed by atoms with Crippen molar-refractivity contribution in [3.63, 3.8) is 0 Å². The fourth-order valence-corrected chi connectivity index (χ4v) is 7.36. The molecule has 0 saturated heterocycles. The SMILES string of the molecule is CC(F)c1cccc(CC(=O)c2cc(Cl)cc(Oc3cncnc3)c2)n1.Cc1ccnc(CC(=O)c2cc(Cl)cc(Oc3cncnc3)c2)c1.Cc1cncc(CC(=O)c2cc(Cl)cc(Oc3cncnc3)c2)n1. The van der Waals surface area contributed by atoms with Crippen LogP contribution in [0, 0.1) is 13.8 Å². The number of aromatic nitrogens is 10. The summed E-state index contributed by atoms with van der Waals surface area (Å²) in [5, 5.41) is 1.19. The van der Waals surface area contributed by atoms with Gasteiger partial charge in [0, 0.05) is 61.7 Å². The van der Waals surface area contributed by atoms with Crippen LogP contribution in [0.25, 0.3) is 0 Å². The van der Waals surface area contributed by atoms with Crippen molar-refractivity contribution in [1.29, 1.82) is 0 Å². The first-order valence-corrected chi connectivity index (χ1v) is 23.4. The van der Waals surface area contributed by atoms with E-state index in [0.29, 0.717) is 83.3 Å². The number of ketones is 3. The lowest BCUT2D eigenvalue weighted by Gasteiger charge is -2.08. The normalized spacial score (nSPS) is 10.9. The van der Waals surface area contributed by atoms with E-state index in [1.807, 2.05) is 26.0 Å². The van der Waals surface area contributed by atoms with Crippen molar-refractivity contribution in [2.24, 2.45) is 0 Å². The minimum Gasteiger partial charge on any atom is -0.454 e. The predicted octanol–water partition coefficient (Wildman–Crippen LogP) is 12.3. The number of pyridine rings is 2. The molecule has 0 N–H and O–H groups in total. The van der Waals surface area contributed by atoms with Gasteiger partial charge in [-0.25, -0.2) is 34.3 Å². The van der Waals surface area contributed by atoms with Crippen molar-refractivity contribution in [3.8, 4) is 34.5 Å². The molecule has 0 fully saturated rings. The van der Waals surface area contributed by atoms with Gasteiger partial charge >= 0.3 is 0 Å². The first-order valence-electron chi connectivity index (χ1n) is 22.3. The Bertz CT molecular complexity index is 3220. The molecule has 0 bridgehead atoms. The number of nitrogens with zero attached hydrogens (tertiary/aromatic N) is 10. The van der Waals surface area contributed by atoms with Gasteiger partial charge < -0.3 is 14.2 Å². The highest BCUT2D eigenvalue weighted by Crippen LogP contribution is 2.29. The molecule has 3 aromatic carbocycles. The van der Waals surface area contributed by atoms with Crippen molar-refractivity contribution in [1.82, 2.24) is 49.8 Å². The number of ether oxygens (including phenoxy) is 3. The van der Waals surface area contributed by atoms with Gasteiger partial charge in [-0.2, -0.15) is 0 Å². The Morgan fingerprint density at radius 3 is 1.34 bits per heavy atom. The number of hydrogen-bond donors (Lipinski definition) is 0. The lowest BCUT2D eigenvalue weighted by molar-refractivity contribution is 0.0983. The topological polar surface area (TPSA) is 208 Å². The Morgan fingerprint density at radius 2 is 0.919 bits per heavy atom. The first kappa shape index (κ1) is 53.3. The van der Waals surface area contributed by atoms with E-state index in [-0.39, 0.29) is 36.6 Å². The van der Waals surface area contributed by atoms with E-state index in [4.69, 9.17) is 49.0 Å². The molecule has 20 heteroatoms. The van der Waals surface area contributed by atoms with Gasteiger partial charge in [-0.15, -0.1) is 0 Å². The standard InChI is InChI=1S/C19H15ClFN3O2.C18H14ClN3O2.C17H13ClN4O2/c1-12(21)18-4-2-3-15(24-18)8-19(25)13-5-14(20)7-16(6-13)26-17-9-22-11-23-10-17;1-12-2-3-22-15(4-12)8-18(23)13-5-14(19)7-16(6-13)24-17-9-20-11-21-10-17;1-11-6-19-7-14(22-11)5-17(23)12-2-13(18)4-15(3-12)24-16-8-20-10-21-9-16/h2-7,9-12H,8H2,1H3;2-7,9-11H,8H2,1H3;2-4,6-10H,5H2,1H3. The smallest absolute Gasteiger partial charge is 0.169 e. The maximum atomic E-state index is 13.4. The highest BCUT2D eigenvalue weighted by atomic mass is 35.5. The van der Waals surface area contributed by atoms with Gasteiger partial charge in [-0.05, 0) is 105 Å². The van der Waals surface area contributed by atoms with Gasteiger partial charge in [0.1, 0.15) is 42.4 Å². The zero-order chi connectivity index (χ0) is 52.4. The average molecular weight is 1050 g/mol. The first-order chi connectivity index (χ1) is 35.7. The number of Topliss-reactive ketones (excluding diaryl/α,β-unsaturated/α-hetero) is 3. The van der Waals surface area contributed by atoms with E-state index in [0.717, 1.165) is 17.0 Å². The van der Waals surface area contributed by atoms with Crippen molar-refractivity contribution in [2.75, 3.05) is 0 Å². The van der Waals surface area contributed by atoms with Crippen LogP contribution in [0.1, 0.15) is 78.2 Å². The molecule has 0 saturated carbocycles. The third-order valence-corrected chi connectivity index (χ3v) is 10.6. The molecule has 1 atom stereocenters. The molecule has 0 radical (unpaired) electrons.